The van der Waals surface area contributed by atoms with E-state index in [0.29, 0.717) is 6.42 Å². The van der Waals surface area contributed by atoms with Gasteiger partial charge in [-0.2, -0.15) is 0 Å². The predicted octanol–water partition coefficient (Wildman–Crippen LogP) is 5.54. The number of likely N-dealkylation sites (tertiary alicyclic amines) is 1. The summed E-state index contributed by atoms with van der Waals surface area (Å²) in [6.45, 7) is 10.5. The van der Waals surface area contributed by atoms with Crippen LogP contribution in [0.3, 0.4) is 0 Å². The van der Waals surface area contributed by atoms with Gasteiger partial charge in [0, 0.05) is 41.8 Å². The standard InChI is InChI=1S/C25H34N4O3S.ClH/c1-16(2)32-25(31)27-22-12-17(3)29(18(4)30)23-9-8-19(13-21(22)23)24-26-14-20(33-24)15-28-10-6-5-7-11-28;/h8-9,13-14,16-17,22H,5-7,10-12,15H2,1-4H3,(H,27,31);1H/t17-,22+;/m0./s1. The number of piperidine rings is 1. The van der Waals surface area contributed by atoms with Crippen molar-refractivity contribution in [1.29, 1.82) is 0 Å². The molecule has 1 N–H and O–H groups in total. The second-order valence-electron chi connectivity index (χ2n) is 9.37. The minimum absolute atomic E-state index is 0. The number of thiazole rings is 1. The average Bonchev–Trinajstić information content (AvgIpc) is 3.22. The molecule has 9 heteroatoms. The SMILES string of the molecule is CC(=O)N1c2ccc(-c3ncc(CN4CCCCC4)s3)cc2[C@H](NC(=O)OC(C)C)C[C@@H]1C.Cl. The number of anilines is 1. The predicted molar refractivity (Wildman–Crippen MR) is 139 cm³/mol. The summed E-state index contributed by atoms with van der Waals surface area (Å²) in [5, 5.41) is 3.97. The van der Waals surface area contributed by atoms with Crippen LogP contribution in [0.4, 0.5) is 10.5 Å². The Morgan fingerprint density at radius 3 is 2.65 bits per heavy atom. The lowest BCUT2D eigenvalue weighted by Gasteiger charge is -2.39. The van der Waals surface area contributed by atoms with Crippen molar-refractivity contribution in [3.05, 3.63) is 34.8 Å². The van der Waals surface area contributed by atoms with Gasteiger partial charge in [-0.1, -0.05) is 6.42 Å². The fourth-order valence-electron chi connectivity index (χ4n) is 4.86. The minimum atomic E-state index is -0.437. The van der Waals surface area contributed by atoms with Gasteiger partial charge >= 0.3 is 6.09 Å². The van der Waals surface area contributed by atoms with E-state index in [1.807, 2.05) is 44.0 Å². The molecule has 2 aliphatic rings. The maximum atomic E-state index is 12.4. The molecule has 0 aliphatic carbocycles. The van der Waals surface area contributed by atoms with Crippen molar-refractivity contribution in [1.82, 2.24) is 15.2 Å². The number of alkyl carbamates (subject to hydrolysis) is 1. The van der Waals surface area contributed by atoms with E-state index in [0.717, 1.165) is 41.5 Å². The van der Waals surface area contributed by atoms with Gasteiger partial charge in [0.2, 0.25) is 5.91 Å². The van der Waals surface area contributed by atoms with Gasteiger partial charge in [-0.15, -0.1) is 23.7 Å². The summed E-state index contributed by atoms with van der Waals surface area (Å²) >= 11 is 1.72. The first kappa shape index (κ1) is 26.4. The van der Waals surface area contributed by atoms with E-state index >= 15 is 0 Å². The van der Waals surface area contributed by atoms with Crippen molar-refractivity contribution in [2.24, 2.45) is 0 Å². The lowest BCUT2D eigenvalue weighted by atomic mass is 9.90. The molecule has 3 heterocycles. The van der Waals surface area contributed by atoms with E-state index < -0.39 is 6.09 Å². The van der Waals surface area contributed by atoms with Crippen LogP contribution in [-0.2, 0) is 16.1 Å². The quantitative estimate of drug-likeness (QED) is 0.576. The van der Waals surface area contributed by atoms with Crippen LogP contribution >= 0.6 is 23.7 Å². The number of nitrogens with one attached hydrogen (secondary N) is 1. The van der Waals surface area contributed by atoms with Gasteiger partial charge in [0.15, 0.2) is 0 Å². The molecule has 0 radical (unpaired) electrons. The van der Waals surface area contributed by atoms with Crippen LogP contribution in [-0.4, -0.2) is 47.1 Å². The smallest absolute Gasteiger partial charge is 0.407 e. The van der Waals surface area contributed by atoms with E-state index in [9.17, 15) is 9.59 Å². The molecule has 2 aliphatic heterocycles. The van der Waals surface area contributed by atoms with Crippen molar-refractivity contribution >= 4 is 41.4 Å². The van der Waals surface area contributed by atoms with Gasteiger partial charge in [0.1, 0.15) is 5.01 Å². The maximum Gasteiger partial charge on any atom is 0.407 e. The van der Waals surface area contributed by atoms with Crippen LogP contribution < -0.4 is 10.2 Å². The molecule has 0 spiro atoms. The van der Waals surface area contributed by atoms with Crippen LogP contribution in [0.2, 0.25) is 0 Å². The van der Waals surface area contributed by atoms with Crippen LogP contribution in [0.25, 0.3) is 10.6 Å². The molecule has 0 unspecified atom stereocenters. The van der Waals surface area contributed by atoms with E-state index in [1.54, 1.807) is 18.3 Å². The number of amides is 2. The average molecular weight is 507 g/mol. The third-order valence-corrected chi connectivity index (χ3v) is 7.31. The summed E-state index contributed by atoms with van der Waals surface area (Å²) in [7, 11) is 0. The normalized spacial score (nSPS) is 20.4. The number of carbonyl (C=O) groups excluding carboxylic acids is 2. The number of ether oxygens (including phenoxy) is 1. The Kier molecular flexibility index (Phi) is 8.95. The first-order valence-corrected chi connectivity index (χ1v) is 12.7. The highest BCUT2D eigenvalue weighted by Crippen LogP contribution is 2.40. The zero-order valence-corrected chi connectivity index (χ0v) is 22.0. The topological polar surface area (TPSA) is 74.8 Å². The molecular weight excluding hydrogens is 472 g/mol. The van der Waals surface area contributed by atoms with Crippen molar-refractivity contribution in [3.8, 4) is 10.6 Å². The second-order valence-corrected chi connectivity index (χ2v) is 10.5. The lowest BCUT2D eigenvalue weighted by Crippen LogP contribution is -2.45. The lowest BCUT2D eigenvalue weighted by molar-refractivity contribution is -0.117. The van der Waals surface area contributed by atoms with Gasteiger partial charge in [0.05, 0.1) is 12.1 Å². The molecule has 4 rings (SSSR count). The fraction of sp³-hybridized carbons (Fsp3) is 0.560. The zero-order valence-electron chi connectivity index (χ0n) is 20.4. The Labute approximate surface area is 212 Å². The van der Waals surface area contributed by atoms with Crippen LogP contribution in [0.5, 0.6) is 0 Å². The Bertz CT molecular complexity index is 1010. The molecule has 2 amide bonds. The minimum Gasteiger partial charge on any atom is -0.447 e. The molecule has 34 heavy (non-hydrogen) atoms. The van der Waals surface area contributed by atoms with Gasteiger partial charge < -0.3 is 15.0 Å². The summed E-state index contributed by atoms with van der Waals surface area (Å²) in [4.78, 5) is 35.0. The summed E-state index contributed by atoms with van der Waals surface area (Å²) in [5.74, 6) is -0.00206. The first-order valence-electron chi connectivity index (χ1n) is 11.9. The third-order valence-electron chi connectivity index (χ3n) is 6.28. The van der Waals surface area contributed by atoms with Crippen molar-refractivity contribution < 1.29 is 14.3 Å². The molecule has 1 aromatic carbocycles. The number of fused-ring (bicyclic) bond motifs is 1. The molecular formula is C25H35ClN4O3S. The molecule has 0 saturated carbocycles. The summed E-state index contributed by atoms with van der Waals surface area (Å²) in [5.41, 5.74) is 2.77. The van der Waals surface area contributed by atoms with Gasteiger partial charge in [-0.05, 0) is 76.9 Å². The number of carbonyl (C=O) groups is 2. The van der Waals surface area contributed by atoms with E-state index in [4.69, 9.17) is 9.72 Å². The number of aromatic nitrogens is 1. The van der Waals surface area contributed by atoms with Crippen LogP contribution in [0.15, 0.2) is 24.4 Å². The molecule has 1 aromatic heterocycles. The zero-order chi connectivity index (χ0) is 23.5. The number of hydrogen-bond acceptors (Lipinski definition) is 6. The summed E-state index contributed by atoms with van der Waals surface area (Å²) < 4.78 is 5.32. The second kappa shape index (κ2) is 11.5. The summed E-state index contributed by atoms with van der Waals surface area (Å²) in [6, 6.07) is 5.82. The molecule has 186 valence electrons. The number of halogens is 1. The fourth-order valence-corrected chi connectivity index (χ4v) is 5.81. The van der Waals surface area contributed by atoms with Gasteiger partial charge in [-0.3, -0.25) is 9.69 Å². The maximum absolute atomic E-state index is 12.4. The van der Waals surface area contributed by atoms with Crippen molar-refractivity contribution in [2.75, 3.05) is 18.0 Å². The third kappa shape index (κ3) is 6.09. The monoisotopic (exact) mass is 506 g/mol. The Hall–Kier alpha value is -2.16. The summed E-state index contributed by atoms with van der Waals surface area (Å²) in [6.07, 6.45) is 5.85. The van der Waals surface area contributed by atoms with E-state index in [-0.39, 0.29) is 36.5 Å². The molecule has 0 bridgehead atoms. The number of nitrogens with zero attached hydrogens (tertiary/aromatic N) is 3. The van der Waals surface area contributed by atoms with Gasteiger partial charge in [0.25, 0.3) is 0 Å². The Morgan fingerprint density at radius 2 is 1.97 bits per heavy atom. The highest BCUT2D eigenvalue weighted by molar-refractivity contribution is 7.15. The van der Waals surface area contributed by atoms with Crippen molar-refractivity contribution in [3.63, 3.8) is 0 Å². The van der Waals surface area contributed by atoms with Crippen LogP contribution in [0, 0.1) is 0 Å². The molecule has 2 atom stereocenters. The molecule has 1 saturated heterocycles. The molecule has 1 fully saturated rings. The van der Waals surface area contributed by atoms with E-state index in [1.165, 1.54) is 24.1 Å². The first-order chi connectivity index (χ1) is 15.8. The van der Waals surface area contributed by atoms with E-state index in [2.05, 4.69) is 16.3 Å². The highest BCUT2D eigenvalue weighted by Gasteiger charge is 2.34. The molecule has 7 nitrogen and oxygen atoms in total. The Balaban J connectivity index is 0.00000324. The largest absolute Gasteiger partial charge is 0.447 e. The number of hydrogen-bond donors (Lipinski definition) is 1. The van der Waals surface area contributed by atoms with Crippen LogP contribution in [0.1, 0.15) is 69.9 Å². The number of rotatable bonds is 5. The number of benzene rings is 1. The highest BCUT2D eigenvalue weighted by atomic mass is 35.5. The van der Waals surface area contributed by atoms with Gasteiger partial charge in [-0.25, -0.2) is 9.78 Å². The molecule has 2 aromatic rings. The Morgan fingerprint density at radius 1 is 1.24 bits per heavy atom. The van der Waals surface area contributed by atoms with Crippen molar-refractivity contribution in [2.45, 2.75) is 78.1 Å².